The summed E-state index contributed by atoms with van der Waals surface area (Å²) in [4.78, 5) is 21.6. The van der Waals surface area contributed by atoms with Crippen molar-refractivity contribution in [1.82, 2.24) is 0 Å². The van der Waals surface area contributed by atoms with Gasteiger partial charge in [0.2, 0.25) is 0 Å². The maximum atomic E-state index is 11.5. The van der Waals surface area contributed by atoms with Gasteiger partial charge in [0.05, 0.1) is 9.85 Å². The summed E-state index contributed by atoms with van der Waals surface area (Å²) in [5.41, 5.74) is 2.66. The number of aromatic hydroxyl groups is 2. The van der Waals surface area contributed by atoms with Crippen molar-refractivity contribution in [2.75, 3.05) is 0 Å². The zero-order valence-electron chi connectivity index (χ0n) is 30.5. The van der Waals surface area contributed by atoms with E-state index in [0.29, 0.717) is 29.0 Å². The predicted molar refractivity (Wildman–Crippen MR) is 221 cm³/mol. The Morgan fingerprint density at radius 3 is 1.66 bits per heavy atom. The van der Waals surface area contributed by atoms with Crippen LogP contribution in [-0.2, 0) is 6.42 Å². The molecule has 58 heavy (non-hydrogen) atoms. The Bertz CT molecular complexity index is 2860. The van der Waals surface area contributed by atoms with Crippen molar-refractivity contribution in [3.05, 3.63) is 194 Å². The summed E-state index contributed by atoms with van der Waals surface area (Å²) >= 11 is 0. The second-order valence-electron chi connectivity index (χ2n) is 13.4. The van der Waals surface area contributed by atoms with Gasteiger partial charge in [-0.2, -0.15) is 0 Å². The molecule has 0 spiro atoms. The Labute approximate surface area is 332 Å². The molecule has 0 atom stereocenters. The Kier molecular flexibility index (Phi) is 9.74. The molecule has 0 unspecified atom stereocenters. The molecule has 10 nitrogen and oxygen atoms in total. The van der Waals surface area contributed by atoms with E-state index in [9.17, 15) is 30.4 Å². The summed E-state index contributed by atoms with van der Waals surface area (Å²) in [5, 5.41) is 45.6. The van der Waals surface area contributed by atoms with Crippen LogP contribution in [0, 0.1) is 49.3 Å². The highest BCUT2D eigenvalue weighted by Gasteiger charge is 2.31. The lowest BCUT2D eigenvalue weighted by Gasteiger charge is -2.28. The fraction of sp³-hybridized carbons (Fsp3) is 0.0417. The van der Waals surface area contributed by atoms with Crippen molar-refractivity contribution in [3.8, 4) is 69.3 Å². The molecular formula is C48H30N2O8. The molecule has 10 heteroatoms. The van der Waals surface area contributed by atoms with Crippen molar-refractivity contribution in [2.45, 2.75) is 6.42 Å². The zero-order chi connectivity index (χ0) is 40.2. The van der Waals surface area contributed by atoms with E-state index >= 15 is 0 Å². The van der Waals surface area contributed by atoms with Gasteiger partial charge in [-0.1, -0.05) is 109 Å². The quantitative estimate of drug-likeness (QED) is 0.0927. The minimum atomic E-state index is -0.906. The molecule has 0 amide bonds. The molecule has 0 saturated carbocycles. The molecule has 1 aliphatic carbocycles. The van der Waals surface area contributed by atoms with Gasteiger partial charge >= 0.3 is 11.4 Å². The average Bonchev–Trinajstić information content (AvgIpc) is 3.23. The number of nitro groups is 2. The number of hydrogen-bond donors (Lipinski definition) is 2. The van der Waals surface area contributed by atoms with E-state index in [1.807, 2.05) is 109 Å². The maximum absolute atomic E-state index is 11.5. The number of hydrogen-bond acceptors (Lipinski definition) is 8. The van der Waals surface area contributed by atoms with E-state index in [4.69, 9.17) is 9.47 Å². The first-order valence-electron chi connectivity index (χ1n) is 18.0. The highest BCUT2D eigenvalue weighted by Crippen LogP contribution is 2.50. The summed E-state index contributed by atoms with van der Waals surface area (Å²) in [6, 6.07) is 41.9. The first-order valence-corrected chi connectivity index (χ1v) is 18.0. The molecule has 0 radical (unpaired) electrons. The van der Waals surface area contributed by atoms with Crippen molar-refractivity contribution in [1.29, 1.82) is 0 Å². The monoisotopic (exact) mass is 762 g/mol. The van der Waals surface area contributed by atoms with Crippen molar-refractivity contribution < 1.29 is 29.5 Å². The molecule has 280 valence electrons. The number of ether oxygens (including phenoxy) is 2. The van der Waals surface area contributed by atoms with Gasteiger partial charge in [0, 0.05) is 52.9 Å². The molecule has 8 rings (SSSR count). The SMILES string of the molecule is O=[N+]([O-])c1ccc(Oc2ccc3c(c2-c2c(Oc4ccc([N+](=O)[O-])c(O)c4)ccc4ccccc24)C=CC(C#Cc2ccccc2)(C#Cc2ccccc2)C3)cc1O. The summed E-state index contributed by atoms with van der Waals surface area (Å²) in [6.07, 6.45) is 4.32. The van der Waals surface area contributed by atoms with Crippen molar-refractivity contribution in [3.63, 3.8) is 0 Å². The highest BCUT2D eigenvalue weighted by molar-refractivity contribution is 6.04. The standard InChI is InChI=1S/C48H30N2O8/c51-42-29-36(17-19-40(42)49(53)54)57-44-21-15-34-13-7-8-14-38(34)46(44)47-39-25-28-48(26-23-32-9-3-1-4-10-32,27-24-33-11-5-2-6-12-33)31-35(39)16-22-45(47)58-37-18-20-41(50(55)56)43(52)30-37/h1-22,25,28-30,51-52H,31H2. The van der Waals surface area contributed by atoms with Gasteiger partial charge in [-0.3, -0.25) is 20.2 Å². The summed E-state index contributed by atoms with van der Waals surface area (Å²) in [6.45, 7) is 0. The maximum Gasteiger partial charge on any atom is 0.310 e. The van der Waals surface area contributed by atoms with Crippen molar-refractivity contribution >= 4 is 28.2 Å². The zero-order valence-corrected chi connectivity index (χ0v) is 30.5. The van der Waals surface area contributed by atoms with Crippen LogP contribution < -0.4 is 9.47 Å². The fourth-order valence-electron chi connectivity index (χ4n) is 6.82. The molecule has 0 heterocycles. The topological polar surface area (TPSA) is 145 Å². The predicted octanol–water partition coefficient (Wildman–Crippen LogP) is 11.0. The van der Waals surface area contributed by atoms with Crippen LogP contribution >= 0.6 is 0 Å². The Morgan fingerprint density at radius 1 is 0.586 bits per heavy atom. The number of rotatable bonds is 7. The Hall–Kier alpha value is -8.34. The molecular weight excluding hydrogens is 733 g/mol. The third kappa shape index (κ3) is 7.50. The van der Waals surface area contributed by atoms with Crippen molar-refractivity contribution in [2.24, 2.45) is 5.41 Å². The Morgan fingerprint density at radius 2 is 1.10 bits per heavy atom. The van der Waals surface area contributed by atoms with Crippen LogP contribution in [-0.4, -0.2) is 20.1 Å². The van der Waals surface area contributed by atoms with E-state index in [2.05, 4.69) is 23.7 Å². The first kappa shape index (κ1) is 36.6. The number of phenolic OH excluding ortho intramolecular Hbond substituents is 2. The normalized spacial score (nSPS) is 12.3. The molecule has 7 aromatic rings. The lowest BCUT2D eigenvalue weighted by atomic mass is 9.75. The van der Waals surface area contributed by atoms with E-state index < -0.39 is 38.1 Å². The average molecular weight is 763 g/mol. The summed E-state index contributed by atoms with van der Waals surface area (Å²) in [5.74, 6) is 13.4. The third-order valence-electron chi connectivity index (χ3n) is 9.59. The molecule has 0 saturated heterocycles. The molecule has 2 N–H and O–H groups in total. The number of allylic oxidation sites excluding steroid dienone is 1. The van der Waals surface area contributed by atoms with Crippen LogP contribution in [0.1, 0.15) is 22.3 Å². The van der Waals surface area contributed by atoms with Crippen LogP contribution in [0.2, 0.25) is 0 Å². The van der Waals surface area contributed by atoms with Gasteiger partial charge in [-0.15, -0.1) is 0 Å². The molecule has 7 aromatic carbocycles. The Balaban J connectivity index is 1.34. The van der Waals surface area contributed by atoms with Crippen LogP contribution in [0.15, 0.2) is 152 Å². The second kappa shape index (κ2) is 15.4. The van der Waals surface area contributed by atoms with Gasteiger partial charge in [0.25, 0.3) is 0 Å². The lowest BCUT2D eigenvalue weighted by molar-refractivity contribution is -0.386. The van der Waals surface area contributed by atoms with Gasteiger partial charge in [0.1, 0.15) is 28.4 Å². The van der Waals surface area contributed by atoms with Gasteiger partial charge < -0.3 is 19.7 Å². The van der Waals surface area contributed by atoms with Crippen LogP contribution in [0.5, 0.6) is 34.5 Å². The van der Waals surface area contributed by atoms with E-state index in [-0.39, 0.29) is 11.5 Å². The van der Waals surface area contributed by atoms with Crippen LogP contribution in [0.4, 0.5) is 11.4 Å². The lowest BCUT2D eigenvalue weighted by Crippen LogP contribution is -2.21. The number of fused-ring (bicyclic) bond motifs is 2. The van der Waals surface area contributed by atoms with Gasteiger partial charge in [-0.25, -0.2) is 0 Å². The number of phenols is 2. The van der Waals surface area contributed by atoms with Gasteiger partial charge in [0.15, 0.2) is 11.5 Å². The van der Waals surface area contributed by atoms with E-state index in [1.54, 1.807) is 12.1 Å². The summed E-state index contributed by atoms with van der Waals surface area (Å²) < 4.78 is 12.9. The molecule has 0 aliphatic heterocycles. The smallest absolute Gasteiger partial charge is 0.310 e. The van der Waals surface area contributed by atoms with Crippen LogP contribution in [0.25, 0.3) is 28.0 Å². The molecule has 0 bridgehead atoms. The minimum absolute atomic E-state index is 0.142. The minimum Gasteiger partial charge on any atom is -0.502 e. The van der Waals surface area contributed by atoms with E-state index in [1.165, 1.54) is 36.4 Å². The number of nitrogens with zero attached hydrogens (tertiary/aromatic N) is 2. The van der Waals surface area contributed by atoms with Gasteiger partial charge in [-0.05, 0) is 70.4 Å². The third-order valence-corrected chi connectivity index (χ3v) is 9.59. The number of nitro benzene ring substituents is 2. The first-order chi connectivity index (χ1) is 28.2. The number of benzene rings is 7. The molecule has 0 aromatic heterocycles. The fourth-order valence-corrected chi connectivity index (χ4v) is 6.82. The molecule has 1 aliphatic rings. The highest BCUT2D eigenvalue weighted by atomic mass is 16.6. The largest absolute Gasteiger partial charge is 0.502 e. The summed E-state index contributed by atoms with van der Waals surface area (Å²) in [7, 11) is 0. The molecule has 0 fully saturated rings. The van der Waals surface area contributed by atoms with Crippen LogP contribution in [0.3, 0.4) is 0 Å². The second-order valence-corrected chi connectivity index (χ2v) is 13.4. The van der Waals surface area contributed by atoms with E-state index in [0.717, 1.165) is 33.0 Å².